The summed E-state index contributed by atoms with van der Waals surface area (Å²) in [4.78, 5) is 4.12. The van der Waals surface area contributed by atoms with Crippen molar-refractivity contribution in [2.24, 2.45) is 5.92 Å². The third kappa shape index (κ3) is 16.3. The van der Waals surface area contributed by atoms with Crippen molar-refractivity contribution in [2.75, 3.05) is 34.9 Å². The van der Waals surface area contributed by atoms with Crippen LogP contribution in [0.25, 0.3) is 5.65 Å². The van der Waals surface area contributed by atoms with Crippen LogP contribution in [0.1, 0.15) is 44.2 Å². The lowest BCUT2D eigenvalue weighted by Gasteiger charge is -2.18. The zero-order valence-electron chi connectivity index (χ0n) is 24.2. The molecule has 0 amide bonds. The molecule has 2 aromatic heterocycles. The Morgan fingerprint density at radius 3 is 2.24 bits per heavy atom. The van der Waals surface area contributed by atoms with Crippen LogP contribution in [0.4, 0.5) is 0 Å². The quantitative estimate of drug-likeness (QED) is 0.384. The number of nitrogens with one attached hydrogen (secondary N) is 3. The Kier molecular flexibility index (Phi) is 24.3. The molecule has 0 radical (unpaired) electrons. The van der Waals surface area contributed by atoms with Crippen LogP contribution >= 0.6 is 0 Å². The highest BCUT2D eigenvalue weighted by molar-refractivity contribution is 5.95. The third-order valence-corrected chi connectivity index (χ3v) is 5.21. The minimum Gasteiger partial charge on any atom is -0.496 e. The maximum atomic E-state index is 8.69. The smallest absolute Gasteiger partial charge is 0.153 e. The average Bonchev–Trinajstić information content (AvgIpc) is 3.36. The maximum Gasteiger partial charge on any atom is 0.153 e. The molecule has 0 aliphatic heterocycles. The third-order valence-electron chi connectivity index (χ3n) is 5.21. The molecule has 38 heavy (non-hydrogen) atoms. The van der Waals surface area contributed by atoms with Gasteiger partial charge in [0.25, 0.3) is 0 Å². The zero-order valence-corrected chi connectivity index (χ0v) is 24.2. The van der Waals surface area contributed by atoms with Gasteiger partial charge < -0.3 is 25.9 Å². The summed E-state index contributed by atoms with van der Waals surface area (Å²) in [6.45, 7) is 15.4. The minimum atomic E-state index is 0.417. The molecule has 1 fully saturated rings. The number of rotatable bonds is 4. The SMILES string of the molecule is C=C.C=CC1=CCC(=N)C=C1OC.C=CNC.CNC.Cc1cnc2cccnn12.OCC1CCCCC1. The van der Waals surface area contributed by atoms with Crippen LogP contribution in [-0.4, -0.2) is 60.3 Å². The van der Waals surface area contributed by atoms with Crippen molar-refractivity contribution in [3.05, 3.63) is 92.3 Å². The molecule has 4 N–H and O–H groups in total. The molecule has 2 aliphatic rings. The van der Waals surface area contributed by atoms with Crippen molar-refractivity contribution in [1.82, 2.24) is 25.2 Å². The highest BCUT2D eigenvalue weighted by Gasteiger charge is 2.10. The van der Waals surface area contributed by atoms with Crippen LogP contribution in [0, 0.1) is 18.3 Å². The van der Waals surface area contributed by atoms with Crippen LogP contribution in [-0.2, 0) is 4.74 Å². The van der Waals surface area contributed by atoms with Gasteiger partial charge in [-0.1, -0.05) is 44.6 Å². The van der Waals surface area contributed by atoms with Gasteiger partial charge in [0.05, 0.1) is 19.0 Å². The molecule has 212 valence electrons. The lowest BCUT2D eigenvalue weighted by molar-refractivity contribution is 0.190. The maximum absolute atomic E-state index is 8.69. The van der Waals surface area contributed by atoms with Crippen LogP contribution in [0.5, 0.6) is 0 Å². The first kappa shape index (κ1) is 36.7. The Labute approximate surface area is 230 Å². The predicted molar refractivity (Wildman–Crippen MR) is 163 cm³/mol. The lowest BCUT2D eigenvalue weighted by atomic mass is 9.90. The number of allylic oxidation sites excluding steroid dienone is 3. The van der Waals surface area contributed by atoms with Crippen molar-refractivity contribution in [3.8, 4) is 0 Å². The van der Waals surface area contributed by atoms with Gasteiger partial charge in [0, 0.05) is 43.6 Å². The molecular formula is C30H50N6O2. The summed E-state index contributed by atoms with van der Waals surface area (Å²) in [5, 5.41) is 25.6. The number of nitrogens with zero attached hydrogens (tertiary/aromatic N) is 3. The molecule has 0 bridgehead atoms. The summed E-state index contributed by atoms with van der Waals surface area (Å²) in [6, 6.07) is 3.81. The fraction of sp³-hybridized carbons (Fsp3) is 0.433. The highest BCUT2D eigenvalue weighted by atomic mass is 16.5. The topological polar surface area (TPSA) is 108 Å². The molecule has 8 heteroatoms. The number of aliphatic hydroxyl groups excluding tert-OH is 1. The van der Waals surface area contributed by atoms with Crippen molar-refractivity contribution in [1.29, 1.82) is 5.41 Å². The van der Waals surface area contributed by atoms with E-state index in [0.29, 0.717) is 24.7 Å². The average molecular weight is 527 g/mol. The largest absolute Gasteiger partial charge is 0.496 e. The van der Waals surface area contributed by atoms with Gasteiger partial charge in [-0.05, 0) is 58.1 Å². The van der Waals surface area contributed by atoms with Crippen LogP contribution in [0.2, 0.25) is 0 Å². The number of aromatic nitrogens is 3. The summed E-state index contributed by atoms with van der Waals surface area (Å²) >= 11 is 0. The van der Waals surface area contributed by atoms with Crippen molar-refractivity contribution >= 4 is 11.4 Å². The van der Waals surface area contributed by atoms with E-state index < -0.39 is 0 Å². The van der Waals surface area contributed by atoms with E-state index in [1.54, 1.807) is 36.2 Å². The predicted octanol–water partition coefficient (Wildman–Crippen LogP) is 5.64. The van der Waals surface area contributed by atoms with Crippen molar-refractivity contribution < 1.29 is 9.84 Å². The number of hydrogen-bond acceptors (Lipinski definition) is 7. The zero-order chi connectivity index (χ0) is 29.2. The van der Waals surface area contributed by atoms with Gasteiger partial charge in [0.1, 0.15) is 5.76 Å². The van der Waals surface area contributed by atoms with E-state index in [2.05, 4.69) is 47.0 Å². The van der Waals surface area contributed by atoms with Gasteiger partial charge in [0.2, 0.25) is 0 Å². The fourth-order valence-electron chi connectivity index (χ4n) is 3.30. The first-order valence-electron chi connectivity index (χ1n) is 12.8. The van der Waals surface area contributed by atoms with E-state index in [4.69, 9.17) is 15.3 Å². The lowest BCUT2D eigenvalue weighted by Crippen LogP contribution is -2.09. The molecule has 1 saturated carbocycles. The number of aliphatic hydroxyl groups is 1. The monoisotopic (exact) mass is 526 g/mol. The number of methoxy groups -OCH3 is 1. The van der Waals surface area contributed by atoms with E-state index in [1.807, 2.05) is 52.5 Å². The molecule has 0 atom stereocenters. The minimum absolute atomic E-state index is 0.417. The van der Waals surface area contributed by atoms with Crippen LogP contribution in [0.15, 0.2) is 86.6 Å². The Bertz CT molecular complexity index is 959. The summed E-state index contributed by atoms with van der Waals surface area (Å²) in [5.41, 5.74) is 3.52. The summed E-state index contributed by atoms with van der Waals surface area (Å²) in [5.74, 6) is 1.38. The van der Waals surface area contributed by atoms with E-state index in [9.17, 15) is 0 Å². The van der Waals surface area contributed by atoms with Gasteiger partial charge in [-0.3, -0.25) is 0 Å². The molecular weight excluding hydrogens is 476 g/mol. The Hall–Kier alpha value is -3.49. The van der Waals surface area contributed by atoms with Gasteiger partial charge in [-0.15, -0.1) is 13.2 Å². The van der Waals surface area contributed by atoms with Crippen molar-refractivity contribution in [2.45, 2.75) is 45.4 Å². The number of imidazole rings is 1. The molecule has 0 spiro atoms. The normalized spacial score (nSPS) is 13.8. The molecule has 2 aliphatic carbocycles. The molecule has 0 aromatic carbocycles. The summed E-state index contributed by atoms with van der Waals surface area (Å²) in [7, 11) is 7.16. The Balaban J connectivity index is 0. The molecule has 8 nitrogen and oxygen atoms in total. The fourth-order valence-corrected chi connectivity index (χ4v) is 3.30. The Morgan fingerprint density at radius 2 is 1.79 bits per heavy atom. The molecule has 0 unspecified atom stereocenters. The first-order valence-corrected chi connectivity index (χ1v) is 12.8. The standard InChI is InChI=1S/C9H11NO.C7H7N3.C7H14O.C3H7N.C2H7N.C2H4/c1-3-7-4-5-8(10)6-9(7)11-2;1-6-5-8-7-3-2-4-9-10(6)7;8-6-7-4-2-1-3-5-7;1-3-4-2;1-3-2;1-2/h3-4,6,10H,1,5H2,2H3;2-5H,1H3;7-8H,1-6H2;3-4H,1H2,2H3;3H,1-2H3;1-2H2. The summed E-state index contributed by atoms with van der Waals surface area (Å²) < 4.78 is 6.85. The molecule has 2 aromatic rings. The second-order valence-electron chi connectivity index (χ2n) is 8.18. The summed E-state index contributed by atoms with van der Waals surface area (Å²) in [6.07, 6.45) is 17.8. The van der Waals surface area contributed by atoms with Gasteiger partial charge in [0.15, 0.2) is 5.65 Å². The number of ether oxygens (including phenoxy) is 1. The number of aryl methyl sites for hydroxylation is 1. The van der Waals surface area contributed by atoms with Crippen molar-refractivity contribution in [3.63, 3.8) is 0 Å². The molecule has 2 heterocycles. The van der Waals surface area contributed by atoms with Gasteiger partial charge in [-0.25, -0.2) is 9.50 Å². The van der Waals surface area contributed by atoms with E-state index in [1.165, 1.54) is 32.1 Å². The molecule has 0 saturated heterocycles. The highest BCUT2D eigenvalue weighted by Crippen LogP contribution is 2.22. The number of hydrogen-bond donors (Lipinski definition) is 4. The van der Waals surface area contributed by atoms with Crippen LogP contribution in [0.3, 0.4) is 0 Å². The van der Waals surface area contributed by atoms with Gasteiger partial charge in [-0.2, -0.15) is 5.10 Å². The molecule has 4 rings (SSSR count). The van der Waals surface area contributed by atoms with Gasteiger partial charge >= 0.3 is 0 Å². The second-order valence-corrected chi connectivity index (χ2v) is 8.18. The van der Waals surface area contributed by atoms with E-state index in [-0.39, 0.29) is 0 Å². The van der Waals surface area contributed by atoms with E-state index >= 15 is 0 Å². The second kappa shape index (κ2) is 25.2. The number of fused-ring (bicyclic) bond motifs is 1. The Morgan fingerprint density at radius 1 is 1.18 bits per heavy atom. The van der Waals surface area contributed by atoms with E-state index in [0.717, 1.165) is 22.7 Å². The van der Waals surface area contributed by atoms with Crippen LogP contribution < -0.4 is 10.6 Å². The first-order chi connectivity index (χ1) is 18.4.